The van der Waals surface area contributed by atoms with Gasteiger partial charge in [-0.15, -0.1) is 0 Å². The molecule has 0 saturated carbocycles. The lowest BCUT2D eigenvalue weighted by Crippen LogP contribution is -2.16. The third-order valence-corrected chi connectivity index (χ3v) is 3.36. The van der Waals surface area contributed by atoms with E-state index in [4.69, 9.17) is 4.99 Å². The first-order chi connectivity index (χ1) is 9.74. The van der Waals surface area contributed by atoms with Crippen LogP contribution in [-0.4, -0.2) is 11.8 Å². The van der Waals surface area contributed by atoms with Crippen LogP contribution in [0.2, 0.25) is 0 Å². The van der Waals surface area contributed by atoms with Crippen LogP contribution in [-0.2, 0) is 0 Å². The molecule has 2 rings (SSSR count). The van der Waals surface area contributed by atoms with Gasteiger partial charge >= 0.3 is 0 Å². The van der Waals surface area contributed by atoms with E-state index in [0.717, 1.165) is 12.1 Å². The summed E-state index contributed by atoms with van der Waals surface area (Å²) < 4.78 is 0. The van der Waals surface area contributed by atoms with Crippen molar-refractivity contribution < 1.29 is 0 Å². The fraction of sp³-hybridized carbons (Fsp3) is 0.211. The van der Waals surface area contributed by atoms with Crippen molar-refractivity contribution in [1.82, 2.24) is 0 Å². The van der Waals surface area contributed by atoms with Crippen molar-refractivity contribution in [3.05, 3.63) is 84.0 Å². The Morgan fingerprint density at radius 2 is 2.05 bits per heavy atom. The van der Waals surface area contributed by atoms with Gasteiger partial charge < -0.3 is 0 Å². The number of aliphatic imine (C=N–C) groups is 1. The van der Waals surface area contributed by atoms with Crippen LogP contribution >= 0.6 is 0 Å². The van der Waals surface area contributed by atoms with E-state index in [0.29, 0.717) is 0 Å². The second kappa shape index (κ2) is 6.85. The van der Waals surface area contributed by atoms with Crippen molar-refractivity contribution in [2.24, 2.45) is 4.99 Å². The molecular formula is C19H21N. The first-order valence-corrected chi connectivity index (χ1v) is 7.00. The monoisotopic (exact) mass is 263 g/mol. The van der Waals surface area contributed by atoms with Crippen molar-refractivity contribution >= 4 is 5.71 Å². The zero-order valence-electron chi connectivity index (χ0n) is 12.2. The van der Waals surface area contributed by atoms with E-state index in [1.165, 1.54) is 16.7 Å². The van der Waals surface area contributed by atoms with Crippen LogP contribution in [0.4, 0.5) is 0 Å². The topological polar surface area (TPSA) is 12.4 Å². The minimum absolute atomic E-state index is 0.170. The molecule has 0 N–H and O–H groups in total. The van der Waals surface area contributed by atoms with E-state index in [9.17, 15) is 0 Å². The van der Waals surface area contributed by atoms with Crippen LogP contribution in [0.25, 0.3) is 0 Å². The van der Waals surface area contributed by atoms with Crippen molar-refractivity contribution in [3.63, 3.8) is 0 Å². The smallest absolute Gasteiger partial charge is 0.0793 e. The summed E-state index contributed by atoms with van der Waals surface area (Å²) in [6.07, 6.45) is 11.2. The highest BCUT2D eigenvalue weighted by Gasteiger charge is 2.17. The summed E-state index contributed by atoms with van der Waals surface area (Å²) in [5.74, 6) is 0. The highest BCUT2D eigenvalue weighted by atomic mass is 14.8. The summed E-state index contributed by atoms with van der Waals surface area (Å²) in [6, 6.07) is 10.5. The number of hydrogen-bond donors (Lipinski definition) is 0. The van der Waals surface area contributed by atoms with Gasteiger partial charge in [-0.1, -0.05) is 66.8 Å². The molecule has 1 unspecified atom stereocenters. The highest BCUT2D eigenvalue weighted by Crippen LogP contribution is 2.23. The van der Waals surface area contributed by atoms with Gasteiger partial charge in [0.15, 0.2) is 0 Å². The van der Waals surface area contributed by atoms with E-state index in [-0.39, 0.29) is 6.04 Å². The lowest BCUT2D eigenvalue weighted by molar-refractivity contribution is 0.765. The van der Waals surface area contributed by atoms with Crippen LogP contribution in [0.15, 0.2) is 83.4 Å². The van der Waals surface area contributed by atoms with Crippen molar-refractivity contribution in [2.45, 2.75) is 26.3 Å². The van der Waals surface area contributed by atoms with Gasteiger partial charge in [-0.25, -0.2) is 0 Å². The minimum atomic E-state index is 0.170. The van der Waals surface area contributed by atoms with Gasteiger partial charge in [-0.3, -0.25) is 4.99 Å². The Balaban J connectivity index is 2.36. The maximum absolute atomic E-state index is 4.89. The zero-order valence-corrected chi connectivity index (χ0v) is 12.2. The van der Waals surface area contributed by atoms with Gasteiger partial charge in [-0.05, 0) is 37.5 Å². The van der Waals surface area contributed by atoms with E-state index < -0.39 is 0 Å². The van der Waals surface area contributed by atoms with E-state index in [1.54, 1.807) is 0 Å². The molecule has 0 amide bonds. The number of hydrogen-bond acceptors (Lipinski definition) is 1. The van der Waals surface area contributed by atoms with Crippen molar-refractivity contribution in [2.75, 3.05) is 0 Å². The predicted molar refractivity (Wildman–Crippen MR) is 88.2 cm³/mol. The molecule has 1 nitrogen and oxygen atoms in total. The Kier molecular flexibility index (Phi) is 4.89. The fourth-order valence-electron chi connectivity index (χ4n) is 2.33. The van der Waals surface area contributed by atoms with Crippen molar-refractivity contribution in [3.8, 4) is 0 Å². The second-order valence-corrected chi connectivity index (χ2v) is 4.99. The van der Waals surface area contributed by atoms with Gasteiger partial charge in [0.05, 0.1) is 11.8 Å². The predicted octanol–water partition coefficient (Wildman–Crippen LogP) is 4.88. The van der Waals surface area contributed by atoms with Crippen molar-refractivity contribution in [1.29, 1.82) is 0 Å². The molecule has 20 heavy (non-hydrogen) atoms. The molecule has 1 heteroatoms. The number of nitrogens with zero attached hydrogens (tertiary/aromatic N) is 1. The summed E-state index contributed by atoms with van der Waals surface area (Å²) in [6.45, 7) is 8.10. The van der Waals surface area contributed by atoms with Crippen LogP contribution < -0.4 is 0 Å². The number of allylic oxidation sites excluding steroid dienone is 4. The number of rotatable bonds is 4. The average molecular weight is 263 g/mol. The molecule has 102 valence electrons. The van der Waals surface area contributed by atoms with Gasteiger partial charge in [0, 0.05) is 0 Å². The van der Waals surface area contributed by atoms with Crippen LogP contribution in [0.1, 0.15) is 25.8 Å². The zero-order chi connectivity index (χ0) is 14.4. The fourth-order valence-corrected chi connectivity index (χ4v) is 2.33. The lowest BCUT2D eigenvalue weighted by atomic mass is 9.94. The number of benzene rings is 1. The molecule has 1 atom stereocenters. The first-order valence-electron chi connectivity index (χ1n) is 7.00. The molecule has 0 spiro atoms. The molecule has 1 aromatic rings. The normalized spacial score (nSPS) is 19.7. The molecule has 0 bridgehead atoms. The molecule has 0 aliphatic carbocycles. The summed E-state index contributed by atoms with van der Waals surface area (Å²) in [5, 5.41) is 0. The molecule has 0 saturated heterocycles. The summed E-state index contributed by atoms with van der Waals surface area (Å²) in [4.78, 5) is 4.89. The van der Waals surface area contributed by atoms with Crippen LogP contribution in [0, 0.1) is 0 Å². The van der Waals surface area contributed by atoms with Crippen LogP contribution in [0.5, 0.6) is 0 Å². The second-order valence-electron chi connectivity index (χ2n) is 4.99. The highest BCUT2D eigenvalue weighted by molar-refractivity contribution is 6.09. The SMILES string of the molecule is C=C/C(=C\C=C/C)C1CC(C)=CC(c2ccccc2)=N1. The average Bonchev–Trinajstić information content (AvgIpc) is 2.48. The molecule has 0 fully saturated rings. The number of dihydropyridines is 1. The maximum atomic E-state index is 4.89. The maximum Gasteiger partial charge on any atom is 0.0793 e. The largest absolute Gasteiger partial charge is 0.276 e. The molecule has 0 radical (unpaired) electrons. The van der Waals surface area contributed by atoms with Gasteiger partial charge in [0.2, 0.25) is 0 Å². The van der Waals surface area contributed by atoms with Gasteiger partial charge in [-0.2, -0.15) is 0 Å². The molecule has 0 aromatic heterocycles. The molecule has 1 heterocycles. The third kappa shape index (κ3) is 3.45. The quantitative estimate of drug-likeness (QED) is 0.686. The Morgan fingerprint density at radius 1 is 1.30 bits per heavy atom. The van der Waals surface area contributed by atoms with Gasteiger partial charge in [0.1, 0.15) is 0 Å². The summed E-state index contributed by atoms with van der Waals surface area (Å²) >= 11 is 0. The Morgan fingerprint density at radius 3 is 2.70 bits per heavy atom. The first kappa shape index (κ1) is 14.3. The Bertz CT molecular complexity index is 585. The summed E-state index contributed by atoms with van der Waals surface area (Å²) in [5.41, 5.74) is 4.76. The molecule has 1 aromatic carbocycles. The van der Waals surface area contributed by atoms with Crippen LogP contribution in [0.3, 0.4) is 0 Å². The summed E-state index contributed by atoms with van der Waals surface area (Å²) in [7, 11) is 0. The van der Waals surface area contributed by atoms with E-state index in [2.05, 4.69) is 49.9 Å². The van der Waals surface area contributed by atoms with Gasteiger partial charge in [0.25, 0.3) is 0 Å². The Labute approximate surface area is 121 Å². The molecule has 1 aliphatic heterocycles. The Hall–Kier alpha value is -2.15. The van der Waals surface area contributed by atoms with E-state index >= 15 is 0 Å². The standard InChI is InChI=1S/C19H21N/c1-4-6-10-16(5-2)18-13-15(3)14-19(20-18)17-11-8-7-9-12-17/h4-12,14,18H,2,13H2,1,3H3/b6-4-,16-10+. The van der Waals surface area contributed by atoms with E-state index in [1.807, 2.05) is 31.2 Å². The molecular weight excluding hydrogens is 242 g/mol. The lowest BCUT2D eigenvalue weighted by Gasteiger charge is -2.20. The minimum Gasteiger partial charge on any atom is -0.276 e. The molecule has 1 aliphatic rings. The third-order valence-electron chi connectivity index (χ3n) is 3.36.